The zero-order chi connectivity index (χ0) is 15.6. The molecule has 0 aliphatic carbocycles. The Morgan fingerprint density at radius 3 is 2.76 bits per heavy atom. The topological polar surface area (TPSA) is 55.9 Å². The summed E-state index contributed by atoms with van der Waals surface area (Å²) in [5.74, 6) is 7.02. The second kappa shape index (κ2) is 7.73. The second-order valence-electron chi connectivity index (χ2n) is 5.56. The van der Waals surface area contributed by atoms with E-state index in [1.54, 1.807) is 0 Å². The van der Waals surface area contributed by atoms with E-state index >= 15 is 0 Å². The van der Waals surface area contributed by atoms with Crippen LogP contribution in [0, 0.1) is 6.92 Å². The van der Waals surface area contributed by atoms with Crippen molar-refractivity contribution in [2.45, 2.75) is 62.5 Å². The van der Waals surface area contributed by atoms with Gasteiger partial charge in [-0.1, -0.05) is 13.8 Å². The van der Waals surface area contributed by atoms with Crippen molar-refractivity contribution in [1.82, 2.24) is 15.2 Å². The second-order valence-corrected chi connectivity index (χ2v) is 9.38. The maximum Gasteiger partial charge on any atom is 0.0738 e. The standard InChI is InChI=1S/C14H25BrN4S2/c1-5-19-12(14(15)8(2)18-19)6-11(17-16)13-7-20-9(3)10(4)21-13/h9-11,13,17H,5-7,16H2,1-4H3. The Labute approximate surface area is 144 Å². The number of hydrogen-bond donors (Lipinski definition) is 2. The molecule has 7 heteroatoms. The molecule has 1 fully saturated rings. The van der Waals surface area contributed by atoms with Crippen molar-refractivity contribution in [2.75, 3.05) is 5.75 Å². The molecule has 1 aromatic heterocycles. The molecule has 1 aromatic rings. The van der Waals surface area contributed by atoms with Gasteiger partial charge in [-0.05, 0) is 29.8 Å². The summed E-state index contributed by atoms with van der Waals surface area (Å²) in [7, 11) is 0. The number of aryl methyl sites for hydroxylation is 2. The Morgan fingerprint density at radius 1 is 1.48 bits per heavy atom. The Kier molecular flexibility index (Phi) is 6.50. The molecule has 0 bridgehead atoms. The third-order valence-electron chi connectivity index (χ3n) is 4.10. The first-order chi connectivity index (χ1) is 9.97. The van der Waals surface area contributed by atoms with Gasteiger partial charge in [0, 0.05) is 40.5 Å². The highest BCUT2D eigenvalue weighted by molar-refractivity contribution is 9.10. The summed E-state index contributed by atoms with van der Waals surface area (Å²) in [6.07, 6.45) is 0.908. The van der Waals surface area contributed by atoms with E-state index in [0.29, 0.717) is 10.5 Å². The van der Waals surface area contributed by atoms with Crippen molar-refractivity contribution in [1.29, 1.82) is 0 Å². The summed E-state index contributed by atoms with van der Waals surface area (Å²) >= 11 is 7.80. The molecular formula is C14H25BrN4S2. The molecule has 1 aliphatic heterocycles. The number of halogens is 1. The van der Waals surface area contributed by atoms with E-state index < -0.39 is 0 Å². The van der Waals surface area contributed by atoms with E-state index in [1.807, 2.05) is 6.92 Å². The SMILES string of the molecule is CCn1nc(C)c(Br)c1CC(NN)C1CSC(C)C(C)S1. The number of nitrogens with one attached hydrogen (secondary N) is 1. The average Bonchev–Trinajstić information content (AvgIpc) is 2.75. The first-order valence-corrected chi connectivity index (χ1v) is 10.2. The van der Waals surface area contributed by atoms with Crippen LogP contribution in [0.25, 0.3) is 0 Å². The van der Waals surface area contributed by atoms with Crippen molar-refractivity contribution in [3.8, 4) is 0 Å². The summed E-state index contributed by atoms with van der Waals surface area (Å²) in [5.41, 5.74) is 5.34. The van der Waals surface area contributed by atoms with Crippen molar-refractivity contribution in [2.24, 2.45) is 5.84 Å². The fraction of sp³-hybridized carbons (Fsp3) is 0.786. The molecule has 0 saturated carbocycles. The van der Waals surface area contributed by atoms with E-state index in [2.05, 4.69) is 75.4 Å². The van der Waals surface area contributed by atoms with Gasteiger partial charge in [0.2, 0.25) is 0 Å². The van der Waals surface area contributed by atoms with Crippen LogP contribution in [0.5, 0.6) is 0 Å². The minimum Gasteiger partial charge on any atom is -0.271 e. The monoisotopic (exact) mass is 392 g/mol. The fourth-order valence-corrected chi connectivity index (χ4v) is 6.15. The van der Waals surface area contributed by atoms with Gasteiger partial charge in [0.1, 0.15) is 0 Å². The molecule has 21 heavy (non-hydrogen) atoms. The molecule has 2 rings (SSSR count). The predicted octanol–water partition coefficient (Wildman–Crippen LogP) is 2.97. The van der Waals surface area contributed by atoms with Gasteiger partial charge in [-0.25, -0.2) is 0 Å². The predicted molar refractivity (Wildman–Crippen MR) is 97.9 cm³/mol. The summed E-state index contributed by atoms with van der Waals surface area (Å²) in [4.78, 5) is 0. The van der Waals surface area contributed by atoms with Crippen LogP contribution in [0.1, 0.15) is 32.2 Å². The van der Waals surface area contributed by atoms with Crippen LogP contribution in [-0.2, 0) is 13.0 Å². The van der Waals surface area contributed by atoms with Crippen molar-refractivity contribution < 1.29 is 0 Å². The van der Waals surface area contributed by atoms with Gasteiger partial charge in [-0.2, -0.15) is 28.6 Å². The van der Waals surface area contributed by atoms with Crippen molar-refractivity contribution >= 4 is 39.5 Å². The first kappa shape index (κ1) is 17.7. The molecule has 0 aromatic carbocycles. The quantitative estimate of drug-likeness (QED) is 0.595. The van der Waals surface area contributed by atoms with E-state index in [4.69, 9.17) is 5.84 Å². The molecular weight excluding hydrogens is 368 g/mol. The van der Waals surface area contributed by atoms with Gasteiger partial charge < -0.3 is 0 Å². The molecule has 3 N–H and O–H groups in total. The van der Waals surface area contributed by atoms with Crippen molar-refractivity contribution in [3.63, 3.8) is 0 Å². The highest BCUT2D eigenvalue weighted by atomic mass is 79.9. The van der Waals surface area contributed by atoms with Crippen LogP contribution >= 0.6 is 39.5 Å². The lowest BCUT2D eigenvalue weighted by Gasteiger charge is -2.35. The summed E-state index contributed by atoms with van der Waals surface area (Å²) in [6, 6.07) is 0.273. The Balaban J connectivity index is 2.12. The van der Waals surface area contributed by atoms with Crippen LogP contribution < -0.4 is 11.3 Å². The lowest BCUT2D eigenvalue weighted by Crippen LogP contribution is -2.48. The minimum absolute atomic E-state index is 0.273. The number of thioether (sulfide) groups is 2. The molecule has 2 heterocycles. The molecule has 1 aliphatic rings. The number of rotatable bonds is 5. The Bertz CT molecular complexity index is 480. The third kappa shape index (κ3) is 3.99. The smallest absolute Gasteiger partial charge is 0.0738 e. The number of hydrazine groups is 1. The summed E-state index contributed by atoms with van der Waals surface area (Å²) in [5, 5.41) is 6.51. The van der Waals surface area contributed by atoms with E-state index in [1.165, 1.54) is 5.69 Å². The zero-order valence-electron chi connectivity index (χ0n) is 13.1. The van der Waals surface area contributed by atoms with Crippen LogP contribution in [0.15, 0.2) is 4.47 Å². The lowest BCUT2D eigenvalue weighted by atomic mass is 10.1. The highest BCUT2D eigenvalue weighted by Crippen LogP contribution is 2.38. The van der Waals surface area contributed by atoms with Gasteiger partial charge >= 0.3 is 0 Å². The first-order valence-electron chi connectivity index (χ1n) is 7.42. The van der Waals surface area contributed by atoms with Crippen LogP contribution in [-0.4, -0.2) is 37.3 Å². The third-order valence-corrected chi connectivity index (χ3v) is 8.69. The van der Waals surface area contributed by atoms with Crippen LogP contribution in [0.4, 0.5) is 0 Å². The molecule has 4 nitrogen and oxygen atoms in total. The molecule has 4 atom stereocenters. The average molecular weight is 393 g/mol. The molecule has 0 amide bonds. The maximum atomic E-state index is 5.86. The maximum absolute atomic E-state index is 5.86. The summed E-state index contributed by atoms with van der Waals surface area (Å²) < 4.78 is 3.20. The minimum atomic E-state index is 0.273. The summed E-state index contributed by atoms with van der Waals surface area (Å²) in [6.45, 7) is 9.69. The number of nitrogens with zero attached hydrogens (tertiary/aromatic N) is 2. The van der Waals surface area contributed by atoms with Gasteiger partial charge in [0.05, 0.1) is 15.9 Å². The van der Waals surface area contributed by atoms with Gasteiger partial charge in [0.15, 0.2) is 0 Å². The molecule has 0 spiro atoms. The fourth-order valence-electron chi connectivity index (χ4n) is 2.59. The Hall–Kier alpha value is 0.310. The van der Waals surface area contributed by atoms with E-state index in [9.17, 15) is 0 Å². The number of aromatic nitrogens is 2. The van der Waals surface area contributed by atoms with Gasteiger partial charge in [0.25, 0.3) is 0 Å². The van der Waals surface area contributed by atoms with Crippen molar-refractivity contribution in [3.05, 3.63) is 15.9 Å². The highest BCUT2D eigenvalue weighted by Gasteiger charge is 2.32. The zero-order valence-corrected chi connectivity index (χ0v) is 16.3. The Morgan fingerprint density at radius 2 is 2.19 bits per heavy atom. The largest absolute Gasteiger partial charge is 0.271 e. The normalized spacial score (nSPS) is 27.8. The lowest BCUT2D eigenvalue weighted by molar-refractivity contribution is 0.494. The van der Waals surface area contributed by atoms with Crippen LogP contribution in [0.3, 0.4) is 0 Å². The number of hydrogen-bond acceptors (Lipinski definition) is 5. The molecule has 4 unspecified atom stereocenters. The van der Waals surface area contributed by atoms with Gasteiger partial charge in [-0.3, -0.25) is 16.0 Å². The number of nitrogens with two attached hydrogens (primary N) is 1. The molecule has 1 saturated heterocycles. The van der Waals surface area contributed by atoms with Crippen LogP contribution in [0.2, 0.25) is 0 Å². The van der Waals surface area contributed by atoms with E-state index in [0.717, 1.165) is 34.1 Å². The molecule has 0 radical (unpaired) electrons. The molecule has 120 valence electrons. The van der Waals surface area contributed by atoms with Gasteiger partial charge in [-0.15, -0.1) is 0 Å². The van der Waals surface area contributed by atoms with E-state index in [-0.39, 0.29) is 6.04 Å².